The molecular weight excluding hydrogens is 424 g/mol. The van der Waals surface area contributed by atoms with Gasteiger partial charge in [0.1, 0.15) is 5.75 Å². The highest BCUT2D eigenvalue weighted by Crippen LogP contribution is 2.24. The number of sulfonamides is 1. The minimum atomic E-state index is -3.57. The smallest absolute Gasteiger partial charge is 0.243 e. The Morgan fingerprint density at radius 2 is 1.81 bits per heavy atom. The summed E-state index contributed by atoms with van der Waals surface area (Å²) in [5, 5.41) is 2.99. The second-order valence-corrected chi connectivity index (χ2v) is 10.7. The summed E-state index contributed by atoms with van der Waals surface area (Å²) in [7, 11) is -3.57. The van der Waals surface area contributed by atoms with Crippen LogP contribution in [0.1, 0.15) is 44.2 Å². The minimum absolute atomic E-state index is 0.0607. The van der Waals surface area contributed by atoms with Crippen LogP contribution in [0.5, 0.6) is 5.75 Å². The standard InChI is InChI=1S/C25H34N2O4S/c1-19(2)31-23-12-10-21(11-13-23)6-4-16-26-25(28)22-7-5-17-27(18-22)32(29,30)24-14-8-20(3)9-15-24/h8-15,19,22H,4-7,16-18H2,1-3H3,(H,26,28)/t22-/m1/s1. The van der Waals surface area contributed by atoms with Gasteiger partial charge in [0.15, 0.2) is 0 Å². The molecule has 1 fully saturated rings. The monoisotopic (exact) mass is 458 g/mol. The van der Waals surface area contributed by atoms with Gasteiger partial charge in [-0.3, -0.25) is 4.79 Å². The summed E-state index contributed by atoms with van der Waals surface area (Å²) in [6, 6.07) is 14.9. The summed E-state index contributed by atoms with van der Waals surface area (Å²) >= 11 is 0. The number of hydrogen-bond donors (Lipinski definition) is 1. The topological polar surface area (TPSA) is 75.7 Å². The summed E-state index contributed by atoms with van der Waals surface area (Å²) in [5.41, 5.74) is 2.21. The van der Waals surface area contributed by atoms with Gasteiger partial charge < -0.3 is 10.1 Å². The van der Waals surface area contributed by atoms with Crippen molar-refractivity contribution in [1.82, 2.24) is 9.62 Å². The van der Waals surface area contributed by atoms with Crippen molar-refractivity contribution in [2.24, 2.45) is 5.92 Å². The first-order chi connectivity index (χ1) is 15.3. The molecule has 7 heteroatoms. The summed E-state index contributed by atoms with van der Waals surface area (Å²) < 4.78 is 33.0. The van der Waals surface area contributed by atoms with Gasteiger partial charge in [0.25, 0.3) is 0 Å². The summed E-state index contributed by atoms with van der Waals surface area (Å²) in [6.07, 6.45) is 3.24. The zero-order valence-electron chi connectivity index (χ0n) is 19.2. The fourth-order valence-electron chi connectivity index (χ4n) is 3.89. The van der Waals surface area contributed by atoms with E-state index in [2.05, 4.69) is 17.4 Å². The largest absolute Gasteiger partial charge is 0.491 e. The molecule has 0 aromatic heterocycles. The molecule has 0 saturated carbocycles. The summed E-state index contributed by atoms with van der Waals surface area (Å²) in [5.74, 6) is 0.491. The van der Waals surface area contributed by atoms with E-state index in [9.17, 15) is 13.2 Å². The molecule has 1 aliphatic heterocycles. The molecule has 0 radical (unpaired) electrons. The average Bonchev–Trinajstić information content (AvgIpc) is 2.77. The lowest BCUT2D eigenvalue weighted by atomic mass is 9.99. The first-order valence-corrected chi connectivity index (χ1v) is 12.8. The zero-order valence-corrected chi connectivity index (χ0v) is 20.0. The van der Waals surface area contributed by atoms with Gasteiger partial charge in [-0.05, 0) is 76.3 Å². The van der Waals surface area contributed by atoms with Crippen molar-refractivity contribution < 1.29 is 17.9 Å². The predicted molar refractivity (Wildman–Crippen MR) is 126 cm³/mol. The fourth-order valence-corrected chi connectivity index (χ4v) is 5.41. The number of nitrogens with one attached hydrogen (secondary N) is 1. The van der Waals surface area contributed by atoms with Gasteiger partial charge in [0.2, 0.25) is 15.9 Å². The lowest BCUT2D eigenvalue weighted by molar-refractivity contribution is -0.126. The molecule has 6 nitrogen and oxygen atoms in total. The molecule has 32 heavy (non-hydrogen) atoms. The van der Waals surface area contributed by atoms with Crippen molar-refractivity contribution in [2.45, 2.75) is 57.5 Å². The maximum Gasteiger partial charge on any atom is 0.243 e. The Balaban J connectivity index is 1.46. The molecule has 0 bridgehead atoms. The van der Waals surface area contributed by atoms with E-state index in [1.807, 2.05) is 32.9 Å². The van der Waals surface area contributed by atoms with Crippen molar-refractivity contribution in [3.05, 3.63) is 59.7 Å². The van der Waals surface area contributed by atoms with Gasteiger partial charge in [-0.1, -0.05) is 29.8 Å². The number of carbonyl (C=O) groups excluding carboxylic acids is 1. The van der Waals surface area contributed by atoms with Crippen LogP contribution in [0.2, 0.25) is 0 Å². The lowest BCUT2D eigenvalue weighted by Crippen LogP contribution is -2.45. The van der Waals surface area contributed by atoms with E-state index in [1.54, 1.807) is 24.3 Å². The van der Waals surface area contributed by atoms with Crippen molar-refractivity contribution in [3.8, 4) is 5.75 Å². The van der Waals surface area contributed by atoms with Crippen LogP contribution in [0, 0.1) is 12.8 Å². The Morgan fingerprint density at radius 1 is 1.12 bits per heavy atom. The highest BCUT2D eigenvalue weighted by Gasteiger charge is 2.33. The number of ether oxygens (including phenoxy) is 1. The quantitative estimate of drug-likeness (QED) is 0.578. The van der Waals surface area contributed by atoms with Gasteiger partial charge in [-0.25, -0.2) is 8.42 Å². The maximum absolute atomic E-state index is 13.0. The number of nitrogens with zero attached hydrogens (tertiary/aromatic N) is 1. The molecule has 1 saturated heterocycles. The third kappa shape index (κ3) is 6.56. The Hall–Kier alpha value is -2.38. The van der Waals surface area contributed by atoms with Crippen molar-refractivity contribution >= 4 is 15.9 Å². The summed E-state index contributed by atoms with van der Waals surface area (Å²) in [4.78, 5) is 12.9. The molecule has 3 rings (SSSR count). The second kappa shape index (κ2) is 11.0. The third-order valence-electron chi connectivity index (χ3n) is 5.65. The lowest BCUT2D eigenvalue weighted by Gasteiger charge is -2.31. The predicted octanol–water partition coefficient (Wildman–Crippen LogP) is 3.93. The third-order valence-corrected chi connectivity index (χ3v) is 7.53. The molecular formula is C25H34N2O4S. The molecule has 174 valence electrons. The zero-order chi connectivity index (χ0) is 23.1. The van der Waals surface area contributed by atoms with E-state index < -0.39 is 10.0 Å². The second-order valence-electron chi connectivity index (χ2n) is 8.72. The van der Waals surface area contributed by atoms with Gasteiger partial charge in [0, 0.05) is 19.6 Å². The molecule has 1 N–H and O–H groups in total. The molecule has 2 aromatic carbocycles. The van der Waals surface area contributed by atoms with E-state index in [1.165, 1.54) is 9.87 Å². The van der Waals surface area contributed by atoms with Crippen LogP contribution < -0.4 is 10.1 Å². The number of amides is 1. The SMILES string of the molecule is Cc1ccc(S(=O)(=O)N2CCC[C@@H](C(=O)NCCCc3ccc(OC(C)C)cc3)C2)cc1. The number of rotatable bonds is 9. The van der Waals surface area contributed by atoms with Crippen LogP contribution in [0.4, 0.5) is 0 Å². The van der Waals surface area contributed by atoms with Crippen LogP contribution in [0.3, 0.4) is 0 Å². The van der Waals surface area contributed by atoms with Gasteiger partial charge in [-0.2, -0.15) is 4.31 Å². The average molecular weight is 459 g/mol. The molecule has 0 spiro atoms. The molecule has 2 aromatic rings. The Bertz CT molecular complexity index is 986. The molecule has 1 amide bonds. The molecule has 1 atom stereocenters. The Labute approximate surface area is 192 Å². The molecule has 1 aliphatic rings. The van der Waals surface area contributed by atoms with E-state index in [0.29, 0.717) is 25.9 Å². The van der Waals surface area contributed by atoms with E-state index in [0.717, 1.165) is 24.2 Å². The van der Waals surface area contributed by atoms with Crippen LogP contribution >= 0.6 is 0 Å². The maximum atomic E-state index is 13.0. The van der Waals surface area contributed by atoms with Crippen LogP contribution in [-0.4, -0.2) is 44.4 Å². The first-order valence-electron chi connectivity index (χ1n) is 11.4. The highest BCUT2D eigenvalue weighted by molar-refractivity contribution is 7.89. The van der Waals surface area contributed by atoms with Crippen LogP contribution in [0.25, 0.3) is 0 Å². The van der Waals surface area contributed by atoms with Crippen LogP contribution in [-0.2, 0) is 21.2 Å². The minimum Gasteiger partial charge on any atom is -0.491 e. The van der Waals surface area contributed by atoms with Crippen molar-refractivity contribution in [2.75, 3.05) is 19.6 Å². The number of carbonyl (C=O) groups is 1. The molecule has 0 unspecified atom stereocenters. The normalized spacial score (nSPS) is 17.3. The van der Waals surface area contributed by atoms with Crippen molar-refractivity contribution in [1.29, 1.82) is 0 Å². The van der Waals surface area contributed by atoms with Crippen molar-refractivity contribution in [3.63, 3.8) is 0 Å². The first kappa shape index (κ1) is 24.3. The highest BCUT2D eigenvalue weighted by atomic mass is 32.2. The summed E-state index contributed by atoms with van der Waals surface area (Å²) in [6.45, 7) is 7.19. The van der Waals surface area contributed by atoms with Gasteiger partial charge in [0.05, 0.1) is 16.9 Å². The van der Waals surface area contributed by atoms with Gasteiger partial charge >= 0.3 is 0 Å². The molecule has 1 heterocycles. The number of hydrogen-bond acceptors (Lipinski definition) is 4. The van der Waals surface area contributed by atoms with Gasteiger partial charge in [-0.15, -0.1) is 0 Å². The Kier molecular flexibility index (Phi) is 8.32. The van der Waals surface area contributed by atoms with E-state index >= 15 is 0 Å². The number of benzene rings is 2. The van der Waals surface area contributed by atoms with E-state index in [-0.39, 0.29) is 29.4 Å². The fraction of sp³-hybridized carbons (Fsp3) is 0.480. The van der Waals surface area contributed by atoms with Crippen LogP contribution in [0.15, 0.2) is 53.4 Å². The number of piperidine rings is 1. The molecule has 0 aliphatic carbocycles. The Morgan fingerprint density at radius 3 is 2.47 bits per heavy atom. The van der Waals surface area contributed by atoms with E-state index in [4.69, 9.17) is 4.74 Å². The number of aryl methyl sites for hydroxylation is 2.